The SMILES string of the molecule is CC/C=C/S(=O)(=O)NC(=O)Nc1ccc(Cl)cc1. The van der Waals surface area contributed by atoms with Crippen LogP contribution in [0.3, 0.4) is 0 Å². The van der Waals surface area contributed by atoms with Crippen LogP contribution >= 0.6 is 11.6 Å². The smallest absolute Gasteiger partial charge is 0.307 e. The molecule has 0 bridgehead atoms. The molecule has 0 fully saturated rings. The molecule has 0 heterocycles. The molecule has 5 nitrogen and oxygen atoms in total. The van der Waals surface area contributed by atoms with Gasteiger partial charge in [0.25, 0.3) is 10.0 Å². The fourth-order valence-electron chi connectivity index (χ4n) is 1.08. The topological polar surface area (TPSA) is 75.3 Å². The van der Waals surface area contributed by atoms with Gasteiger partial charge in [-0.25, -0.2) is 17.9 Å². The molecule has 0 aromatic heterocycles. The molecule has 0 saturated heterocycles. The molecule has 0 radical (unpaired) electrons. The van der Waals surface area contributed by atoms with Crippen LogP contribution in [0.1, 0.15) is 13.3 Å². The highest BCUT2D eigenvalue weighted by molar-refractivity contribution is 7.92. The van der Waals surface area contributed by atoms with Crippen LogP contribution in [0.4, 0.5) is 10.5 Å². The number of hydrogen-bond donors (Lipinski definition) is 2. The Hall–Kier alpha value is -1.53. The summed E-state index contributed by atoms with van der Waals surface area (Å²) in [6.45, 7) is 1.79. The van der Waals surface area contributed by atoms with E-state index in [0.29, 0.717) is 17.1 Å². The van der Waals surface area contributed by atoms with Crippen molar-refractivity contribution >= 4 is 33.3 Å². The number of carbonyl (C=O) groups is 1. The zero-order chi connectivity index (χ0) is 13.6. The number of hydrogen-bond acceptors (Lipinski definition) is 3. The van der Waals surface area contributed by atoms with Crippen molar-refractivity contribution in [2.75, 3.05) is 5.32 Å². The van der Waals surface area contributed by atoms with Crippen molar-refractivity contribution < 1.29 is 13.2 Å². The van der Waals surface area contributed by atoms with Gasteiger partial charge >= 0.3 is 6.03 Å². The minimum absolute atomic E-state index is 0.451. The molecule has 98 valence electrons. The molecule has 0 spiro atoms. The van der Waals surface area contributed by atoms with Gasteiger partial charge in [-0.3, -0.25) is 0 Å². The lowest BCUT2D eigenvalue weighted by molar-refractivity contribution is 0.256. The molecule has 0 unspecified atom stereocenters. The predicted molar refractivity (Wildman–Crippen MR) is 72.0 cm³/mol. The zero-order valence-electron chi connectivity index (χ0n) is 9.68. The summed E-state index contributed by atoms with van der Waals surface area (Å²) in [4.78, 5) is 11.4. The lowest BCUT2D eigenvalue weighted by Crippen LogP contribution is -2.32. The summed E-state index contributed by atoms with van der Waals surface area (Å²) >= 11 is 5.68. The summed E-state index contributed by atoms with van der Waals surface area (Å²) < 4.78 is 24.6. The highest BCUT2D eigenvalue weighted by Gasteiger charge is 2.10. The number of urea groups is 1. The summed E-state index contributed by atoms with van der Waals surface area (Å²) in [6, 6.07) is 5.48. The molecule has 0 saturated carbocycles. The number of anilines is 1. The van der Waals surface area contributed by atoms with E-state index in [1.165, 1.54) is 6.08 Å². The van der Waals surface area contributed by atoms with Crippen LogP contribution in [0.15, 0.2) is 35.7 Å². The highest BCUT2D eigenvalue weighted by Crippen LogP contribution is 2.13. The van der Waals surface area contributed by atoms with Gasteiger partial charge in [-0.15, -0.1) is 0 Å². The predicted octanol–water partition coefficient (Wildman–Crippen LogP) is 2.72. The van der Waals surface area contributed by atoms with Gasteiger partial charge in [-0.1, -0.05) is 24.6 Å². The van der Waals surface area contributed by atoms with Gasteiger partial charge in [-0.05, 0) is 30.7 Å². The Kier molecular flexibility index (Phi) is 5.18. The molecular weight excluding hydrogens is 276 g/mol. The quantitative estimate of drug-likeness (QED) is 0.894. The van der Waals surface area contributed by atoms with Gasteiger partial charge in [-0.2, -0.15) is 0 Å². The molecule has 2 amide bonds. The fraction of sp³-hybridized carbons (Fsp3) is 0.182. The van der Waals surface area contributed by atoms with Crippen LogP contribution in [0.25, 0.3) is 0 Å². The standard InChI is InChI=1S/C11H13ClN2O3S/c1-2-3-8-18(16,17)14-11(15)13-10-6-4-9(12)5-7-10/h3-8H,2H2,1H3,(H2,13,14,15)/b8-3+. The lowest BCUT2D eigenvalue weighted by atomic mass is 10.3. The van der Waals surface area contributed by atoms with Gasteiger partial charge in [0, 0.05) is 16.1 Å². The van der Waals surface area contributed by atoms with Crippen LogP contribution < -0.4 is 10.0 Å². The first-order valence-corrected chi connectivity index (χ1v) is 7.11. The van der Waals surface area contributed by atoms with Crippen LogP contribution in [0.5, 0.6) is 0 Å². The number of amides is 2. The summed E-state index contributed by atoms with van der Waals surface area (Å²) in [5.41, 5.74) is 0.451. The second kappa shape index (κ2) is 6.42. The van der Waals surface area contributed by atoms with E-state index in [2.05, 4.69) is 5.32 Å². The third-order valence-corrected chi connectivity index (χ3v) is 3.12. The van der Waals surface area contributed by atoms with Gasteiger partial charge in [0.15, 0.2) is 0 Å². The number of nitrogens with one attached hydrogen (secondary N) is 2. The van der Waals surface area contributed by atoms with E-state index in [9.17, 15) is 13.2 Å². The van der Waals surface area contributed by atoms with E-state index in [1.807, 2.05) is 4.72 Å². The van der Waals surface area contributed by atoms with E-state index in [-0.39, 0.29) is 0 Å². The Bertz CT molecular complexity index is 538. The van der Waals surface area contributed by atoms with E-state index in [4.69, 9.17) is 11.6 Å². The average Bonchev–Trinajstić information content (AvgIpc) is 2.29. The summed E-state index contributed by atoms with van der Waals surface area (Å²) in [5.74, 6) is 0. The van der Waals surface area contributed by atoms with Gasteiger partial charge in [0.2, 0.25) is 0 Å². The first-order chi connectivity index (χ1) is 8.43. The van der Waals surface area contributed by atoms with Crippen LogP contribution in [-0.4, -0.2) is 14.4 Å². The van der Waals surface area contributed by atoms with E-state index < -0.39 is 16.1 Å². The normalized spacial score (nSPS) is 11.4. The second-order valence-electron chi connectivity index (χ2n) is 3.39. The third kappa shape index (κ3) is 5.20. The average molecular weight is 289 g/mol. The van der Waals surface area contributed by atoms with E-state index in [0.717, 1.165) is 5.41 Å². The molecule has 0 atom stereocenters. The molecular formula is C11H13ClN2O3S. The van der Waals surface area contributed by atoms with Crippen molar-refractivity contribution in [3.63, 3.8) is 0 Å². The highest BCUT2D eigenvalue weighted by atomic mass is 35.5. The third-order valence-electron chi connectivity index (χ3n) is 1.85. The number of rotatable bonds is 4. The molecule has 1 aromatic carbocycles. The maximum absolute atomic E-state index is 11.4. The molecule has 0 aliphatic heterocycles. The number of carbonyl (C=O) groups excluding carboxylic acids is 1. The van der Waals surface area contributed by atoms with Gasteiger partial charge in [0.1, 0.15) is 0 Å². The fourth-order valence-corrected chi connectivity index (χ4v) is 2.03. The Labute approximate surface area is 111 Å². The summed E-state index contributed by atoms with van der Waals surface area (Å²) in [5, 5.41) is 3.86. The first-order valence-electron chi connectivity index (χ1n) is 5.19. The van der Waals surface area contributed by atoms with Crippen molar-refractivity contribution in [1.29, 1.82) is 0 Å². The number of allylic oxidation sites excluding steroid dienone is 1. The molecule has 18 heavy (non-hydrogen) atoms. The second-order valence-corrected chi connectivity index (χ2v) is 5.39. The molecule has 1 aromatic rings. The molecule has 2 N–H and O–H groups in total. The lowest BCUT2D eigenvalue weighted by Gasteiger charge is -2.06. The van der Waals surface area contributed by atoms with Crippen LogP contribution in [-0.2, 0) is 10.0 Å². The molecule has 1 rings (SSSR count). The molecule has 0 aliphatic rings. The largest absolute Gasteiger partial charge is 0.333 e. The van der Waals surface area contributed by atoms with Crippen LogP contribution in [0, 0.1) is 0 Å². The number of benzene rings is 1. The Morgan fingerprint density at radius 2 is 1.94 bits per heavy atom. The monoisotopic (exact) mass is 288 g/mol. The minimum atomic E-state index is -3.74. The Balaban J connectivity index is 2.62. The summed E-state index contributed by atoms with van der Waals surface area (Å²) in [7, 11) is -3.74. The van der Waals surface area contributed by atoms with Crippen molar-refractivity contribution in [1.82, 2.24) is 4.72 Å². The minimum Gasteiger partial charge on any atom is -0.307 e. The van der Waals surface area contributed by atoms with Crippen LogP contribution in [0.2, 0.25) is 5.02 Å². The zero-order valence-corrected chi connectivity index (χ0v) is 11.3. The maximum atomic E-state index is 11.4. The van der Waals surface area contributed by atoms with Crippen molar-refractivity contribution in [3.8, 4) is 0 Å². The van der Waals surface area contributed by atoms with E-state index >= 15 is 0 Å². The number of halogens is 1. The van der Waals surface area contributed by atoms with Crippen molar-refractivity contribution in [3.05, 3.63) is 40.8 Å². The molecule has 0 aliphatic carbocycles. The maximum Gasteiger partial charge on any atom is 0.333 e. The van der Waals surface area contributed by atoms with Gasteiger partial charge in [0.05, 0.1) is 0 Å². The van der Waals surface area contributed by atoms with Gasteiger partial charge < -0.3 is 5.32 Å². The van der Waals surface area contributed by atoms with Crippen molar-refractivity contribution in [2.45, 2.75) is 13.3 Å². The Morgan fingerprint density at radius 3 is 2.50 bits per heavy atom. The first kappa shape index (κ1) is 14.5. The summed E-state index contributed by atoms with van der Waals surface area (Å²) in [6.07, 6.45) is 2.01. The molecule has 7 heteroatoms. The Morgan fingerprint density at radius 1 is 1.33 bits per heavy atom. The van der Waals surface area contributed by atoms with Crippen molar-refractivity contribution in [2.24, 2.45) is 0 Å². The van der Waals surface area contributed by atoms with E-state index in [1.54, 1.807) is 31.2 Å². The number of sulfonamides is 1.